The van der Waals surface area contributed by atoms with Gasteiger partial charge in [-0.1, -0.05) is 62.3 Å². The summed E-state index contributed by atoms with van der Waals surface area (Å²) in [6.07, 6.45) is 13.7. The molecule has 2 unspecified atom stereocenters. The van der Waals surface area contributed by atoms with Crippen molar-refractivity contribution in [2.75, 3.05) is 0 Å². The van der Waals surface area contributed by atoms with Crippen LogP contribution in [-0.4, -0.2) is 22.3 Å². The van der Waals surface area contributed by atoms with Crippen LogP contribution in [-0.2, 0) is 4.79 Å². The van der Waals surface area contributed by atoms with Crippen LogP contribution in [0.15, 0.2) is 58.7 Å². The Morgan fingerprint density at radius 2 is 1.92 bits per heavy atom. The van der Waals surface area contributed by atoms with Crippen LogP contribution >= 0.6 is 0 Å². The predicted octanol–water partition coefficient (Wildman–Crippen LogP) is 5.60. The molecule has 0 amide bonds. The molecule has 0 aromatic rings. The van der Waals surface area contributed by atoms with Crippen molar-refractivity contribution < 1.29 is 15.0 Å². The molecule has 2 atom stereocenters. The van der Waals surface area contributed by atoms with Gasteiger partial charge in [0.05, 0.1) is 6.10 Å². The molecule has 144 valence electrons. The van der Waals surface area contributed by atoms with Gasteiger partial charge < -0.3 is 10.2 Å². The lowest BCUT2D eigenvalue weighted by molar-refractivity contribution is -0.131. The monoisotopic (exact) mass is 358 g/mol. The molecule has 0 saturated heterocycles. The third-order valence-corrected chi connectivity index (χ3v) is 5.38. The van der Waals surface area contributed by atoms with Crippen molar-refractivity contribution >= 4 is 5.97 Å². The molecule has 3 nitrogen and oxygen atoms in total. The molecule has 2 N–H and O–H groups in total. The highest BCUT2D eigenvalue weighted by Gasteiger charge is 2.39. The summed E-state index contributed by atoms with van der Waals surface area (Å²) < 4.78 is 0. The number of aliphatic carboxylic acids is 1. The van der Waals surface area contributed by atoms with E-state index in [9.17, 15) is 9.90 Å². The summed E-state index contributed by atoms with van der Waals surface area (Å²) in [6.45, 7) is 12.5. The fourth-order valence-corrected chi connectivity index (χ4v) is 3.80. The minimum atomic E-state index is -0.932. The van der Waals surface area contributed by atoms with Gasteiger partial charge in [-0.2, -0.15) is 0 Å². The molecular weight excluding hydrogens is 324 g/mol. The molecule has 0 saturated carbocycles. The Labute approximate surface area is 158 Å². The minimum absolute atomic E-state index is 0.0504. The largest absolute Gasteiger partial charge is 0.478 e. The first-order valence-electron chi connectivity index (χ1n) is 9.42. The molecular formula is C23H34O3. The van der Waals surface area contributed by atoms with Crippen molar-refractivity contribution in [2.24, 2.45) is 11.3 Å². The Balaban J connectivity index is 2.95. The Morgan fingerprint density at radius 1 is 1.27 bits per heavy atom. The van der Waals surface area contributed by atoms with Crippen LogP contribution in [0.25, 0.3) is 0 Å². The molecule has 0 radical (unpaired) electrons. The zero-order chi connectivity index (χ0) is 19.9. The average Bonchev–Trinajstić information content (AvgIpc) is 2.52. The molecule has 0 aromatic carbocycles. The standard InChI is InChI=1S/C23H34O3/c1-7-21(24)20-14-12-18(4)19(23(20,5)6)13-11-16(2)9-8-10-17(3)15-22(25)26/h8-11,13,15,20-21,24H,7,12,14H2,1-6H3,(H,25,26)/b10-8+,13-11+,16-9-,17-15+. The van der Waals surface area contributed by atoms with E-state index < -0.39 is 5.97 Å². The second-order valence-electron chi connectivity index (χ2n) is 7.87. The van der Waals surface area contributed by atoms with E-state index in [2.05, 4.69) is 32.9 Å². The molecule has 0 bridgehead atoms. The van der Waals surface area contributed by atoms with Crippen molar-refractivity contribution in [2.45, 2.75) is 66.9 Å². The third-order valence-electron chi connectivity index (χ3n) is 5.38. The van der Waals surface area contributed by atoms with Crippen LogP contribution in [0.3, 0.4) is 0 Å². The van der Waals surface area contributed by atoms with E-state index in [1.54, 1.807) is 13.0 Å². The van der Waals surface area contributed by atoms with Crippen LogP contribution in [0.5, 0.6) is 0 Å². The van der Waals surface area contributed by atoms with Crippen LogP contribution in [0, 0.1) is 11.3 Å². The fourth-order valence-electron chi connectivity index (χ4n) is 3.80. The lowest BCUT2D eigenvalue weighted by atomic mass is 9.63. The van der Waals surface area contributed by atoms with Gasteiger partial charge in [0.25, 0.3) is 0 Å². The van der Waals surface area contributed by atoms with E-state index in [0.717, 1.165) is 24.8 Å². The minimum Gasteiger partial charge on any atom is -0.478 e. The van der Waals surface area contributed by atoms with Crippen LogP contribution < -0.4 is 0 Å². The molecule has 0 fully saturated rings. The quantitative estimate of drug-likeness (QED) is 0.460. The Bertz CT molecular complexity index is 657. The van der Waals surface area contributed by atoms with Crippen LogP contribution in [0.2, 0.25) is 0 Å². The number of rotatable bonds is 7. The highest BCUT2D eigenvalue weighted by molar-refractivity contribution is 5.81. The molecule has 26 heavy (non-hydrogen) atoms. The van der Waals surface area contributed by atoms with Gasteiger partial charge >= 0.3 is 5.97 Å². The topological polar surface area (TPSA) is 57.5 Å². The molecule has 0 aromatic heterocycles. The Hall–Kier alpha value is -1.87. The number of allylic oxidation sites excluding steroid dienone is 9. The number of hydrogen-bond donors (Lipinski definition) is 2. The maximum Gasteiger partial charge on any atom is 0.328 e. The van der Waals surface area contributed by atoms with Gasteiger partial charge in [0.15, 0.2) is 0 Å². The SMILES string of the molecule is CCC(O)C1CCC(C)=C(/C=C/C(C)=C\C=C\C(C)=C\C(=O)O)C1(C)C. The second-order valence-corrected chi connectivity index (χ2v) is 7.87. The lowest BCUT2D eigenvalue weighted by Crippen LogP contribution is -2.38. The molecule has 0 spiro atoms. The van der Waals surface area contributed by atoms with E-state index in [-0.39, 0.29) is 17.4 Å². The van der Waals surface area contributed by atoms with E-state index in [4.69, 9.17) is 5.11 Å². The van der Waals surface area contributed by atoms with E-state index in [1.807, 2.05) is 26.0 Å². The highest BCUT2D eigenvalue weighted by Crippen LogP contribution is 2.47. The van der Waals surface area contributed by atoms with Crippen molar-refractivity contribution in [1.82, 2.24) is 0 Å². The maximum atomic E-state index is 10.6. The summed E-state index contributed by atoms with van der Waals surface area (Å²) in [5.41, 5.74) is 4.47. The van der Waals surface area contributed by atoms with Crippen molar-refractivity contribution in [3.05, 3.63) is 58.7 Å². The first-order valence-corrected chi connectivity index (χ1v) is 9.42. The van der Waals surface area contributed by atoms with Gasteiger partial charge in [0.1, 0.15) is 0 Å². The number of carboxylic acids is 1. The van der Waals surface area contributed by atoms with Gasteiger partial charge in [-0.05, 0) is 62.5 Å². The lowest BCUT2D eigenvalue weighted by Gasteiger charge is -2.43. The summed E-state index contributed by atoms with van der Waals surface area (Å²) in [5.74, 6) is -0.651. The van der Waals surface area contributed by atoms with E-state index in [0.29, 0.717) is 5.57 Å². The molecule has 0 aliphatic heterocycles. The summed E-state index contributed by atoms with van der Waals surface area (Å²) in [4.78, 5) is 10.6. The first-order chi connectivity index (χ1) is 12.1. The molecule has 0 heterocycles. The number of aliphatic hydroxyl groups is 1. The van der Waals surface area contributed by atoms with Crippen molar-refractivity contribution in [3.8, 4) is 0 Å². The van der Waals surface area contributed by atoms with E-state index >= 15 is 0 Å². The number of carbonyl (C=O) groups is 1. The Kier molecular flexibility index (Phi) is 8.29. The van der Waals surface area contributed by atoms with Crippen LogP contribution in [0.1, 0.15) is 60.8 Å². The van der Waals surface area contributed by atoms with Gasteiger partial charge in [0.2, 0.25) is 0 Å². The molecule has 1 aliphatic carbocycles. The molecule has 3 heteroatoms. The molecule has 1 rings (SSSR count). The predicted molar refractivity (Wildman–Crippen MR) is 109 cm³/mol. The van der Waals surface area contributed by atoms with Gasteiger partial charge in [-0.3, -0.25) is 0 Å². The fraction of sp³-hybridized carbons (Fsp3) is 0.522. The van der Waals surface area contributed by atoms with Gasteiger partial charge in [0, 0.05) is 6.08 Å². The number of aliphatic hydroxyl groups excluding tert-OH is 1. The van der Waals surface area contributed by atoms with Gasteiger partial charge in [-0.15, -0.1) is 0 Å². The normalized spacial score (nSPS) is 23.1. The average molecular weight is 359 g/mol. The van der Waals surface area contributed by atoms with Crippen molar-refractivity contribution in [1.29, 1.82) is 0 Å². The number of hydrogen-bond acceptors (Lipinski definition) is 2. The first kappa shape index (κ1) is 22.2. The number of carboxylic acid groups (broad SMARTS) is 1. The highest BCUT2D eigenvalue weighted by atomic mass is 16.4. The zero-order valence-corrected chi connectivity index (χ0v) is 17.0. The Morgan fingerprint density at radius 3 is 2.50 bits per heavy atom. The maximum absolute atomic E-state index is 10.6. The van der Waals surface area contributed by atoms with Gasteiger partial charge in [-0.25, -0.2) is 4.79 Å². The summed E-state index contributed by atoms with van der Waals surface area (Å²) in [6, 6.07) is 0. The zero-order valence-electron chi connectivity index (χ0n) is 17.0. The van der Waals surface area contributed by atoms with Crippen molar-refractivity contribution in [3.63, 3.8) is 0 Å². The summed E-state index contributed by atoms with van der Waals surface area (Å²) >= 11 is 0. The van der Waals surface area contributed by atoms with E-state index in [1.165, 1.54) is 17.2 Å². The third kappa shape index (κ3) is 6.14. The summed E-state index contributed by atoms with van der Waals surface area (Å²) in [5, 5.41) is 19.1. The smallest absolute Gasteiger partial charge is 0.328 e. The van der Waals surface area contributed by atoms with Crippen LogP contribution in [0.4, 0.5) is 0 Å². The second kappa shape index (κ2) is 9.72. The summed E-state index contributed by atoms with van der Waals surface area (Å²) in [7, 11) is 0. The molecule has 1 aliphatic rings.